The third-order valence-corrected chi connectivity index (χ3v) is 4.63. The molecule has 7 heteroatoms. The Morgan fingerprint density at radius 2 is 2.04 bits per heavy atom. The first kappa shape index (κ1) is 19.5. The second-order valence-electron chi connectivity index (χ2n) is 6.30. The van der Waals surface area contributed by atoms with Crippen molar-refractivity contribution < 1.29 is 23.8 Å². The van der Waals surface area contributed by atoms with Crippen molar-refractivity contribution in [1.82, 2.24) is 5.32 Å². The Bertz CT molecular complexity index is 885. The Morgan fingerprint density at radius 1 is 1.35 bits per heavy atom. The van der Waals surface area contributed by atoms with Crippen LogP contribution in [-0.4, -0.2) is 30.1 Å². The number of nitrogens with one attached hydrogen (secondary N) is 1. The van der Waals surface area contributed by atoms with E-state index in [1.165, 1.54) is 7.11 Å². The van der Waals surface area contributed by atoms with E-state index < -0.39 is 23.5 Å². The van der Waals surface area contributed by atoms with Crippen LogP contribution in [0, 0.1) is 12.8 Å². The maximum absolute atomic E-state index is 12.3. The molecule has 1 aromatic heterocycles. The third-order valence-electron chi connectivity index (χ3n) is 4.63. The molecule has 2 atom stereocenters. The number of rotatable bonds is 7. The van der Waals surface area contributed by atoms with Crippen LogP contribution in [0.5, 0.6) is 5.75 Å². The van der Waals surface area contributed by atoms with Crippen molar-refractivity contribution in [2.75, 3.05) is 7.11 Å². The standard InChI is InChI=1S/C19H23NO6/c1-5-10(2)17(18(22)23)20-16(21)9-14-11(3)13-7-6-12(25-4)8-15(13)26-19(14)24/h6-8,10,17H,5,9H2,1-4H3,(H,20,21)(H,22,23)/t10?,17-/m0/s1. The SMILES string of the molecule is CCC(C)[C@H](NC(=O)Cc1c(C)c2ccc(OC)cc2oc1=O)C(=O)O. The van der Waals surface area contributed by atoms with Gasteiger partial charge in [-0.2, -0.15) is 0 Å². The Labute approximate surface area is 151 Å². The highest BCUT2D eigenvalue weighted by molar-refractivity contribution is 5.87. The Balaban J connectivity index is 2.31. The van der Waals surface area contributed by atoms with Gasteiger partial charge in [0.05, 0.1) is 19.1 Å². The number of carboxylic acid groups (broad SMARTS) is 1. The average molecular weight is 361 g/mol. The van der Waals surface area contributed by atoms with E-state index in [2.05, 4.69) is 5.32 Å². The molecule has 26 heavy (non-hydrogen) atoms. The minimum absolute atomic E-state index is 0.216. The minimum atomic E-state index is -1.10. The number of hydrogen-bond donors (Lipinski definition) is 2. The number of amides is 1. The first-order valence-electron chi connectivity index (χ1n) is 8.41. The van der Waals surface area contributed by atoms with Gasteiger partial charge >= 0.3 is 11.6 Å². The highest BCUT2D eigenvalue weighted by Gasteiger charge is 2.26. The number of carbonyl (C=O) groups is 2. The zero-order valence-corrected chi connectivity index (χ0v) is 15.3. The molecule has 140 valence electrons. The lowest BCUT2D eigenvalue weighted by Gasteiger charge is -2.20. The third kappa shape index (κ3) is 4.04. The van der Waals surface area contributed by atoms with E-state index in [1.54, 1.807) is 32.0 Å². The van der Waals surface area contributed by atoms with Crippen LogP contribution in [0.1, 0.15) is 31.4 Å². The molecule has 2 N–H and O–H groups in total. The summed E-state index contributed by atoms with van der Waals surface area (Å²) >= 11 is 0. The molecule has 0 saturated heterocycles. The summed E-state index contributed by atoms with van der Waals surface area (Å²) < 4.78 is 10.4. The fourth-order valence-electron chi connectivity index (χ4n) is 2.77. The summed E-state index contributed by atoms with van der Waals surface area (Å²) in [4.78, 5) is 36.0. The van der Waals surface area contributed by atoms with Gasteiger partial charge in [-0.3, -0.25) is 4.79 Å². The average Bonchev–Trinajstić information content (AvgIpc) is 2.61. The summed E-state index contributed by atoms with van der Waals surface area (Å²) in [5, 5.41) is 12.5. The second-order valence-corrected chi connectivity index (χ2v) is 6.30. The summed E-state index contributed by atoms with van der Waals surface area (Å²) in [5.41, 5.74) is 0.603. The molecule has 1 heterocycles. The smallest absolute Gasteiger partial charge is 0.340 e. The van der Waals surface area contributed by atoms with E-state index in [0.717, 1.165) is 0 Å². The quantitative estimate of drug-likeness (QED) is 0.733. The molecule has 1 aromatic carbocycles. The molecule has 2 rings (SSSR count). The first-order chi connectivity index (χ1) is 12.3. The van der Waals surface area contributed by atoms with Crippen molar-refractivity contribution in [1.29, 1.82) is 0 Å². The summed E-state index contributed by atoms with van der Waals surface area (Å²) in [6, 6.07) is 4.11. The predicted molar refractivity (Wildman–Crippen MR) is 96.5 cm³/mol. The van der Waals surface area contributed by atoms with Crippen LogP contribution in [0.2, 0.25) is 0 Å². The lowest BCUT2D eigenvalue weighted by molar-refractivity contribution is -0.143. The number of carbonyl (C=O) groups excluding carboxylic acids is 1. The number of methoxy groups -OCH3 is 1. The minimum Gasteiger partial charge on any atom is -0.497 e. The van der Waals surface area contributed by atoms with E-state index in [0.29, 0.717) is 28.7 Å². The van der Waals surface area contributed by atoms with Gasteiger partial charge in [-0.25, -0.2) is 9.59 Å². The highest BCUT2D eigenvalue weighted by atomic mass is 16.5. The van der Waals surface area contributed by atoms with Gasteiger partial charge in [0.15, 0.2) is 0 Å². The van der Waals surface area contributed by atoms with E-state index >= 15 is 0 Å². The number of carboxylic acids is 1. The molecule has 0 radical (unpaired) electrons. The number of aliphatic carboxylic acids is 1. The molecule has 7 nitrogen and oxygen atoms in total. The summed E-state index contributed by atoms with van der Waals surface area (Å²) in [5.74, 6) is -1.29. The zero-order valence-electron chi connectivity index (χ0n) is 15.3. The van der Waals surface area contributed by atoms with Crippen LogP contribution in [0.3, 0.4) is 0 Å². The molecule has 0 aliphatic carbocycles. The molecule has 1 unspecified atom stereocenters. The van der Waals surface area contributed by atoms with Crippen molar-refractivity contribution in [3.63, 3.8) is 0 Å². The molecular weight excluding hydrogens is 338 g/mol. The summed E-state index contributed by atoms with van der Waals surface area (Å²) in [6.45, 7) is 5.34. The van der Waals surface area contributed by atoms with Gasteiger partial charge in [-0.15, -0.1) is 0 Å². The van der Waals surface area contributed by atoms with Crippen molar-refractivity contribution >= 4 is 22.8 Å². The Morgan fingerprint density at radius 3 is 2.62 bits per heavy atom. The Hall–Kier alpha value is -2.83. The largest absolute Gasteiger partial charge is 0.497 e. The monoisotopic (exact) mass is 361 g/mol. The lowest BCUT2D eigenvalue weighted by Crippen LogP contribution is -2.45. The maximum Gasteiger partial charge on any atom is 0.340 e. The normalized spacial score (nSPS) is 13.2. The topological polar surface area (TPSA) is 106 Å². The number of aryl methyl sites for hydroxylation is 1. The van der Waals surface area contributed by atoms with Gasteiger partial charge in [0.1, 0.15) is 17.4 Å². The molecule has 0 aliphatic heterocycles. The number of benzene rings is 1. The highest BCUT2D eigenvalue weighted by Crippen LogP contribution is 2.24. The zero-order chi connectivity index (χ0) is 19.4. The van der Waals surface area contributed by atoms with E-state index in [4.69, 9.17) is 9.15 Å². The van der Waals surface area contributed by atoms with Crippen molar-refractivity contribution in [3.8, 4) is 5.75 Å². The molecule has 0 spiro atoms. The van der Waals surface area contributed by atoms with Crippen LogP contribution in [0.4, 0.5) is 0 Å². The van der Waals surface area contributed by atoms with E-state index in [9.17, 15) is 19.5 Å². The molecule has 0 aliphatic rings. The number of ether oxygens (including phenoxy) is 1. The van der Waals surface area contributed by atoms with Crippen LogP contribution in [0.15, 0.2) is 27.4 Å². The van der Waals surface area contributed by atoms with Gasteiger partial charge in [0.2, 0.25) is 5.91 Å². The fraction of sp³-hybridized carbons (Fsp3) is 0.421. The van der Waals surface area contributed by atoms with Crippen LogP contribution < -0.4 is 15.7 Å². The van der Waals surface area contributed by atoms with Gasteiger partial charge in [-0.1, -0.05) is 20.3 Å². The van der Waals surface area contributed by atoms with E-state index in [-0.39, 0.29) is 17.9 Å². The molecular formula is C19H23NO6. The summed E-state index contributed by atoms with van der Waals surface area (Å²) in [7, 11) is 1.51. The molecule has 0 bridgehead atoms. The molecule has 2 aromatic rings. The van der Waals surface area contributed by atoms with Gasteiger partial charge in [0.25, 0.3) is 0 Å². The van der Waals surface area contributed by atoms with Crippen LogP contribution in [-0.2, 0) is 16.0 Å². The number of hydrogen-bond acceptors (Lipinski definition) is 5. The van der Waals surface area contributed by atoms with Crippen molar-refractivity contribution in [2.45, 2.75) is 39.7 Å². The van der Waals surface area contributed by atoms with Crippen LogP contribution >= 0.6 is 0 Å². The Kier molecular flexibility index (Phi) is 6.02. The van der Waals surface area contributed by atoms with Crippen molar-refractivity contribution in [2.24, 2.45) is 5.92 Å². The van der Waals surface area contributed by atoms with Gasteiger partial charge < -0.3 is 19.6 Å². The number of fused-ring (bicyclic) bond motifs is 1. The first-order valence-corrected chi connectivity index (χ1v) is 8.41. The van der Waals surface area contributed by atoms with E-state index in [1.807, 2.05) is 6.92 Å². The van der Waals surface area contributed by atoms with Crippen LogP contribution in [0.25, 0.3) is 11.0 Å². The molecule has 1 amide bonds. The fourth-order valence-corrected chi connectivity index (χ4v) is 2.77. The second kappa shape index (κ2) is 8.03. The maximum atomic E-state index is 12.3. The van der Waals surface area contributed by atoms with Gasteiger partial charge in [-0.05, 0) is 30.5 Å². The molecule has 0 fully saturated rings. The predicted octanol–water partition coefficient (Wildman–Crippen LogP) is 2.27. The summed E-state index contributed by atoms with van der Waals surface area (Å²) in [6.07, 6.45) is 0.368. The van der Waals surface area contributed by atoms with Crippen molar-refractivity contribution in [3.05, 3.63) is 39.7 Å². The lowest BCUT2D eigenvalue weighted by atomic mass is 9.98. The van der Waals surface area contributed by atoms with Gasteiger partial charge in [0, 0.05) is 11.5 Å². The molecule has 0 saturated carbocycles.